The molecule has 0 spiro atoms. The first-order valence-electron chi connectivity index (χ1n) is 6.28. The number of likely N-dealkylation sites (N-methyl/N-ethyl adjacent to an activating group) is 1. The molecule has 1 aliphatic heterocycles. The second-order valence-electron chi connectivity index (χ2n) is 4.85. The molecular weight excluding hydrogens is 254 g/mol. The number of nitrogens with zero attached hydrogens (tertiary/aromatic N) is 2. The molecule has 0 bridgehead atoms. The lowest BCUT2D eigenvalue weighted by Gasteiger charge is -2.36. The van der Waals surface area contributed by atoms with Crippen LogP contribution in [0.25, 0.3) is 0 Å². The summed E-state index contributed by atoms with van der Waals surface area (Å²) in [7, 11) is -0.473. The quantitative estimate of drug-likeness (QED) is 0.796. The summed E-state index contributed by atoms with van der Waals surface area (Å²) in [5.74, 6) is -0.226. The van der Waals surface area contributed by atoms with E-state index < -0.39 is 16.3 Å². The normalized spacial score (nSPS) is 22.4. The molecular formula is C11H23N3O3S. The first-order chi connectivity index (χ1) is 8.32. The summed E-state index contributed by atoms with van der Waals surface area (Å²) >= 11 is 0. The van der Waals surface area contributed by atoms with Gasteiger partial charge in [-0.3, -0.25) is 4.79 Å². The molecule has 6 nitrogen and oxygen atoms in total. The van der Waals surface area contributed by atoms with Crippen molar-refractivity contribution in [2.24, 2.45) is 0 Å². The van der Waals surface area contributed by atoms with Gasteiger partial charge in [-0.1, -0.05) is 6.42 Å². The Morgan fingerprint density at radius 1 is 1.39 bits per heavy atom. The van der Waals surface area contributed by atoms with Crippen LogP contribution in [0.5, 0.6) is 0 Å². The first kappa shape index (κ1) is 15.4. The molecule has 0 saturated carbocycles. The Kier molecular flexibility index (Phi) is 5.12. The predicted octanol–water partition coefficient (Wildman–Crippen LogP) is 0.172. The zero-order valence-electron chi connectivity index (χ0n) is 11.5. The number of piperidine rings is 1. The highest BCUT2D eigenvalue weighted by molar-refractivity contribution is 7.86. The fraction of sp³-hybridized carbons (Fsp3) is 0.909. The van der Waals surface area contributed by atoms with Crippen molar-refractivity contribution in [3.63, 3.8) is 0 Å². The van der Waals surface area contributed by atoms with Crippen molar-refractivity contribution in [3.05, 3.63) is 0 Å². The second-order valence-corrected chi connectivity index (χ2v) is 6.79. The molecule has 1 saturated heterocycles. The number of nitrogens with one attached hydrogen (secondary N) is 1. The van der Waals surface area contributed by atoms with E-state index in [-0.39, 0.29) is 11.9 Å². The van der Waals surface area contributed by atoms with E-state index in [0.29, 0.717) is 13.0 Å². The summed E-state index contributed by atoms with van der Waals surface area (Å²) < 4.78 is 27.5. The third kappa shape index (κ3) is 3.02. The average molecular weight is 277 g/mol. The molecule has 1 amide bonds. The number of carbonyl (C=O) groups is 1. The number of rotatable bonds is 4. The number of hydrogen-bond donors (Lipinski definition) is 1. The van der Waals surface area contributed by atoms with E-state index >= 15 is 0 Å². The van der Waals surface area contributed by atoms with E-state index in [1.807, 2.05) is 13.8 Å². The largest absolute Gasteiger partial charge is 0.358 e. The summed E-state index contributed by atoms with van der Waals surface area (Å²) in [5, 5.41) is 2.54. The van der Waals surface area contributed by atoms with E-state index in [1.165, 1.54) is 15.7 Å². The molecule has 0 aliphatic carbocycles. The molecule has 0 radical (unpaired) electrons. The molecule has 7 heteroatoms. The van der Waals surface area contributed by atoms with Gasteiger partial charge in [-0.25, -0.2) is 0 Å². The molecule has 106 valence electrons. The Morgan fingerprint density at radius 3 is 2.50 bits per heavy atom. The highest BCUT2D eigenvalue weighted by atomic mass is 32.2. The standard InChI is InChI=1S/C11H23N3O3S/c1-9(2)13(4)18(16,17)14-8-6-5-7-10(14)11(15)12-3/h9-10H,5-8H2,1-4H3,(H,12,15). The van der Waals surface area contributed by atoms with E-state index in [0.717, 1.165) is 12.8 Å². The smallest absolute Gasteiger partial charge is 0.282 e. The minimum absolute atomic E-state index is 0.123. The monoisotopic (exact) mass is 277 g/mol. The molecule has 1 atom stereocenters. The molecule has 1 N–H and O–H groups in total. The van der Waals surface area contributed by atoms with Crippen LogP contribution in [0.2, 0.25) is 0 Å². The molecule has 1 heterocycles. The van der Waals surface area contributed by atoms with Crippen molar-refractivity contribution in [3.8, 4) is 0 Å². The minimum atomic E-state index is -3.56. The molecule has 1 fully saturated rings. The highest BCUT2D eigenvalue weighted by Gasteiger charge is 2.38. The van der Waals surface area contributed by atoms with Crippen LogP contribution in [0.15, 0.2) is 0 Å². The highest BCUT2D eigenvalue weighted by Crippen LogP contribution is 2.23. The topological polar surface area (TPSA) is 69.7 Å². The molecule has 1 unspecified atom stereocenters. The van der Waals surface area contributed by atoms with Gasteiger partial charge in [-0.05, 0) is 26.7 Å². The van der Waals surface area contributed by atoms with Crippen LogP contribution >= 0.6 is 0 Å². The van der Waals surface area contributed by atoms with Gasteiger partial charge in [0.15, 0.2) is 0 Å². The van der Waals surface area contributed by atoms with E-state index in [9.17, 15) is 13.2 Å². The van der Waals surface area contributed by atoms with Gasteiger partial charge in [0.2, 0.25) is 5.91 Å². The maximum Gasteiger partial charge on any atom is 0.282 e. The third-order valence-corrected chi connectivity index (χ3v) is 5.57. The van der Waals surface area contributed by atoms with Crippen LogP contribution in [0, 0.1) is 0 Å². The van der Waals surface area contributed by atoms with Crippen LogP contribution in [0.1, 0.15) is 33.1 Å². The summed E-state index contributed by atoms with van der Waals surface area (Å²) in [6.07, 6.45) is 2.28. The van der Waals surface area contributed by atoms with Crippen LogP contribution < -0.4 is 5.32 Å². The summed E-state index contributed by atoms with van der Waals surface area (Å²) in [6.45, 7) is 4.05. The lowest BCUT2D eigenvalue weighted by molar-refractivity contribution is -0.125. The van der Waals surface area contributed by atoms with E-state index in [2.05, 4.69) is 5.32 Å². The molecule has 18 heavy (non-hydrogen) atoms. The van der Waals surface area contributed by atoms with Gasteiger partial charge >= 0.3 is 0 Å². The van der Waals surface area contributed by atoms with Crippen molar-refractivity contribution < 1.29 is 13.2 Å². The molecule has 0 aromatic carbocycles. The van der Waals surface area contributed by atoms with Crippen LogP contribution in [0.3, 0.4) is 0 Å². The maximum absolute atomic E-state index is 12.4. The number of hydrogen-bond acceptors (Lipinski definition) is 3. The Labute approximate surface area is 110 Å². The Bertz CT molecular complexity index is 394. The van der Waals surface area contributed by atoms with Gasteiger partial charge < -0.3 is 5.32 Å². The third-order valence-electron chi connectivity index (χ3n) is 3.39. The van der Waals surface area contributed by atoms with Crippen molar-refractivity contribution in [2.75, 3.05) is 20.6 Å². The fourth-order valence-electron chi connectivity index (χ4n) is 2.04. The molecule has 1 aliphatic rings. The Morgan fingerprint density at radius 2 is 2.00 bits per heavy atom. The zero-order valence-corrected chi connectivity index (χ0v) is 12.3. The van der Waals surface area contributed by atoms with Crippen molar-refractivity contribution in [1.82, 2.24) is 13.9 Å². The maximum atomic E-state index is 12.4. The van der Waals surface area contributed by atoms with E-state index in [1.54, 1.807) is 7.05 Å². The summed E-state index contributed by atoms with van der Waals surface area (Å²) in [4.78, 5) is 11.8. The average Bonchev–Trinajstić information content (AvgIpc) is 2.36. The zero-order chi connectivity index (χ0) is 13.9. The summed E-state index contributed by atoms with van der Waals surface area (Å²) in [6, 6.07) is -0.697. The Balaban J connectivity index is 3.00. The number of carbonyl (C=O) groups excluding carboxylic acids is 1. The predicted molar refractivity (Wildman–Crippen MR) is 70.2 cm³/mol. The number of amides is 1. The van der Waals surface area contributed by atoms with Gasteiger partial charge in [-0.15, -0.1) is 0 Å². The molecule has 0 aromatic heterocycles. The lowest BCUT2D eigenvalue weighted by atomic mass is 10.0. The van der Waals surface area contributed by atoms with Crippen molar-refractivity contribution in [1.29, 1.82) is 0 Å². The van der Waals surface area contributed by atoms with Crippen LogP contribution in [0.4, 0.5) is 0 Å². The Hall–Kier alpha value is -0.660. The minimum Gasteiger partial charge on any atom is -0.358 e. The van der Waals surface area contributed by atoms with Crippen molar-refractivity contribution in [2.45, 2.75) is 45.2 Å². The fourth-order valence-corrected chi connectivity index (χ4v) is 3.79. The van der Waals surface area contributed by atoms with Crippen LogP contribution in [-0.2, 0) is 15.0 Å². The van der Waals surface area contributed by atoms with Crippen molar-refractivity contribution >= 4 is 16.1 Å². The van der Waals surface area contributed by atoms with Gasteiger partial charge in [0.1, 0.15) is 6.04 Å². The van der Waals surface area contributed by atoms with Gasteiger partial charge in [0.05, 0.1) is 0 Å². The van der Waals surface area contributed by atoms with E-state index in [4.69, 9.17) is 0 Å². The first-order valence-corrected chi connectivity index (χ1v) is 7.68. The van der Waals surface area contributed by atoms with Gasteiger partial charge in [0, 0.05) is 26.7 Å². The molecule has 0 aromatic rings. The molecule has 1 rings (SSSR count). The van der Waals surface area contributed by atoms with Gasteiger partial charge in [0.25, 0.3) is 10.2 Å². The second kappa shape index (κ2) is 5.99. The van der Waals surface area contributed by atoms with Gasteiger partial charge in [-0.2, -0.15) is 17.0 Å². The SMILES string of the molecule is CNC(=O)C1CCCCN1S(=O)(=O)N(C)C(C)C. The van der Waals surface area contributed by atoms with Crippen LogP contribution in [-0.4, -0.2) is 55.7 Å². The lowest BCUT2D eigenvalue weighted by Crippen LogP contribution is -2.55. The summed E-state index contributed by atoms with van der Waals surface area (Å²) in [5.41, 5.74) is 0.